The Bertz CT molecular complexity index is 806. The predicted octanol–water partition coefficient (Wildman–Crippen LogP) is 0.681. The van der Waals surface area contributed by atoms with Crippen LogP contribution in [0.5, 0.6) is 0 Å². The minimum absolute atomic E-state index is 0.0601. The van der Waals surface area contributed by atoms with Crippen LogP contribution in [0.2, 0.25) is 5.02 Å². The van der Waals surface area contributed by atoms with Crippen LogP contribution < -0.4 is 5.32 Å². The zero-order chi connectivity index (χ0) is 20.0. The number of ether oxygens (including phenoxy) is 1. The second-order valence-electron chi connectivity index (χ2n) is 5.76. The minimum atomic E-state index is -0.644. The van der Waals surface area contributed by atoms with Crippen LogP contribution in [0, 0.1) is 0 Å². The van der Waals surface area contributed by atoms with Gasteiger partial charge in [-0.1, -0.05) is 23.7 Å². The third-order valence-electron chi connectivity index (χ3n) is 4.28. The number of benzene rings is 1. The first-order valence-electron chi connectivity index (χ1n) is 8.30. The number of rotatable bonds is 9. The van der Waals surface area contributed by atoms with Gasteiger partial charge in [-0.25, -0.2) is 4.79 Å². The van der Waals surface area contributed by atoms with Gasteiger partial charge in [0.2, 0.25) is 0 Å². The Hall–Kier alpha value is -1.94. The SMILES string of the molecule is COC(=O)c1[nH]c(CNCCO)c(-c2ccc(CO)c(CO)c2CO)c1Cl. The summed E-state index contributed by atoms with van der Waals surface area (Å²) < 4.78 is 4.75. The van der Waals surface area contributed by atoms with Gasteiger partial charge in [0.1, 0.15) is 5.69 Å². The molecule has 27 heavy (non-hydrogen) atoms. The zero-order valence-electron chi connectivity index (χ0n) is 14.9. The molecule has 0 spiro atoms. The average Bonchev–Trinajstić information content (AvgIpc) is 3.02. The number of aliphatic hydroxyl groups is 4. The van der Waals surface area contributed by atoms with E-state index in [2.05, 4.69) is 10.3 Å². The van der Waals surface area contributed by atoms with Gasteiger partial charge in [0.05, 0.1) is 38.6 Å². The van der Waals surface area contributed by atoms with Crippen molar-refractivity contribution in [2.75, 3.05) is 20.3 Å². The molecule has 1 aromatic heterocycles. The first kappa shape index (κ1) is 21.4. The largest absolute Gasteiger partial charge is 0.464 e. The van der Waals surface area contributed by atoms with Crippen LogP contribution in [-0.4, -0.2) is 51.6 Å². The van der Waals surface area contributed by atoms with Gasteiger partial charge >= 0.3 is 5.97 Å². The number of aliphatic hydroxyl groups excluding tert-OH is 4. The molecule has 2 aromatic rings. The number of esters is 1. The molecule has 0 aliphatic rings. The Labute approximate surface area is 161 Å². The van der Waals surface area contributed by atoms with Gasteiger partial charge in [0.25, 0.3) is 0 Å². The summed E-state index contributed by atoms with van der Waals surface area (Å²) in [4.78, 5) is 14.9. The molecule has 0 atom stereocenters. The van der Waals surface area contributed by atoms with Gasteiger partial charge in [0, 0.05) is 24.3 Å². The molecular weight excluding hydrogens is 376 g/mol. The lowest BCUT2D eigenvalue weighted by Gasteiger charge is -2.16. The van der Waals surface area contributed by atoms with Crippen molar-refractivity contribution in [2.24, 2.45) is 0 Å². The first-order chi connectivity index (χ1) is 13.0. The summed E-state index contributed by atoms with van der Waals surface area (Å²) >= 11 is 6.45. The van der Waals surface area contributed by atoms with Gasteiger partial charge in [-0.2, -0.15) is 0 Å². The molecule has 1 aromatic carbocycles. The molecule has 2 rings (SSSR count). The van der Waals surface area contributed by atoms with Crippen LogP contribution in [-0.2, 0) is 31.1 Å². The fourth-order valence-electron chi connectivity index (χ4n) is 2.98. The Morgan fingerprint density at radius 2 is 1.85 bits per heavy atom. The second-order valence-corrected chi connectivity index (χ2v) is 6.14. The van der Waals surface area contributed by atoms with E-state index in [0.29, 0.717) is 40.1 Å². The van der Waals surface area contributed by atoms with Gasteiger partial charge in [-0.05, 0) is 22.3 Å². The molecule has 9 heteroatoms. The van der Waals surface area contributed by atoms with Crippen molar-refractivity contribution in [3.05, 3.63) is 45.2 Å². The number of H-pyrrole nitrogens is 1. The van der Waals surface area contributed by atoms with Gasteiger partial charge in [0.15, 0.2) is 0 Å². The maximum atomic E-state index is 12.0. The molecule has 0 aliphatic heterocycles. The van der Waals surface area contributed by atoms with E-state index in [1.807, 2.05) is 0 Å². The van der Waals surface area contributed by atoms with Crippen LogP contribution in [0.15, 0.2) is 12.1 Å². The van der Waals surface area contributed by atoms with E-state index in [4.69, 9.17) is 21.4 Å². The monoisotopic (exact) mass is 398 g/mol. The highest BCUT2D eigenvalue weighted by molar-refractivity contribution is 6.36. The highest BCUT2D eigenvalue weighted by atomic mass is 35.5. The summed E-state index contributed by atoms with van der Waals surface area (Å²) in [7, 11) is 1.24. The van der Waals surface area contributed by atoms with E-state index in [1.165, 1.54) is 7.11 Å². The summed E-state index contributed by atoms with van der Waals surface area (Å²) in [6, 6.07) is 3.30. The molecule has 1 heterocycles. The van der Waals surface area contributed by atoms with Crippen LogP contribution in [0.1, 0.15) is 32.9 Å². The van der Waals surface area contributed by atoms with Gasteiger partial charge in [-0.15, -0.1) is 0 Å². The van der Waals surface area contributed by atoms with Crippen molar-refractivity contribution in [3.63, 3.8) is 0 Å². The van der Waals surface area contributed by atoms with Crippen molar-refractivity contribution < 1.29 is 30.0 Å². The topological polar surface area (TPSA) is 135 Å². The number of carbonyl (C=O) groups excluding carboxylic acids is 1. The minimum Gasteiger partial charge on any atom is -0.464 e. The number of aromatic nitrogens is 1. The molecular formula is C18H23ClN2O6. The molecule has 6 N–H and O–H groups in total. The standard InChI is InChI=1S/C18H23ClN2O6/c1-27-18(26)17-16(19)15(14(21-17)6-20-4-5-22)11-3-2-10(7-23)12(8-24)13(11)9-25/h2-3,20-25H,4-9H2,1H3. The van der Waals surface area contributed by atoms with Crippen LogP contribution in [0.25, 0.3) is 11.1 Å². The van der Waals surface area contributed by atoms with Crippen molar-refractivity contribution in [1.29, 1.82) is 0 Å². The van der Waals surface area contributed by atoms with Gasteiger partial charge < -0.3 is 35.5 Å². The quantitative estimate of drug-likeness (QED) is 0.270. The number of halogens is 1. The maximum Gasteiger partial charge on any atom is 0.356 e. The van der Waals surface area contributed by atoms with Crippen molar-refractivity contribution >= 4 is 17.6 Å². The number of nitrogens with one attached hydrogen (secondary N) is 2. The average molecular weight is 399 g/mol. The van der Waals surface area contributed by atoms with E-state index in [0.717, 1.165) is 0 Å². The summed E-state index contributed by atoms with van der Waals surface area (Å²) in [5.74, 6) is -0.644. The third kappa shape index (κ3) is 4.32. The van der Waals surface area contributed by atoms with E-state index in [1.54, 1.807) is 12.1 Å². The molecule has 0 aliphatic carbocycles. The second kappa shape index (κ2) is 9.84. The molecule has 0 bridgehead atoms. The number of aromatic amines is 1. The molecule has 0 amide bonds. The Balaban J connectivity index is 2.68. The third-order valence-corrected chi connectivity index (χ3v) is 4.66. The summed E-state index contributed by atoms with van der Waals surface area (Å²) in [5.41, 5.74) is 2.93. The highest BCUT2D eigenvalue weighted by Gasteiger charge is 2.25. The van der Waals surface area contributed by atoms with Crippen molar-refractivity contribution in [3.8, 4) is 11.1 Å². The number of hydrogen-bond acceptors (Lipinski definition) is 7. The number of hydrogen-bond donors (Lipinski definition) is 6. The lowest BCUT2D eigenvalue weighted by molar-refractivity contribution is 0.0595. The smallest absolute Gasteiger partial charge is 0.356 e. The summed E-state index contributed by atoms with van der Waals surface area (Å²) in [6.45, 7) is -0.505. The molecule has 0 saturated heterocycles. The van der Waals surface area contributed by atoms with Crippen molar-refractivity contribution in [2.45, 2.75) is 26.4 Å². The zero-order valence-corrected chi connectivity index (χ0v) is 15.6. The number of carbonyl (C=O) groups is 1. The summed E-state index contributed by atoms with van der Waals surface area (Å²) in [5, 5.41) is 41.1. The molecule has 0 unspecified atom stereocenters. The van der Waals surface area contributed by atoms with E-state index in [-0.39, 0.29) is 37.1 Å². The molecule has 0 radical (unpaired) electrons. The molecule has 8 nitrogen and oxygen atoms in total. The Morgan fingerprint density at radius 3 is 2.41 bits per heavy atom. The fourth-order valence-corrected chi connectivity index (χ4v) is 3.32. The lowest BCUT2D eigenvalue weighted by atomic mass is 9.92. The van der Waals surface area contributed by atoms with E-state index < -0.39 is 12.6 Å². The number of methoxy groups -OCH3 is 1. The van der Waals surface area contributed by atoms with E-state index in [9.17, 15) is 20.1 Å². The van der Waals surface area contributed by atoms with Crippen molar-refractivity contribution in [1.82, 2.24) is 10.3 Å². The van der Waals surface area contributed by atoms with Gasteiger partial charge in [-0.3, -0.25) is 0 Å². The lowest BCUT2D eigenvalue weighted by Crippen LogP contribution is -2.18. The van der Waals surface area contributed by atoms with E-state index >= 15 is 0 Å². The molecule has 0 saturated carbocycles. The fraction of sp³-hybridized carbons (Fsp3) is 0.389. The summed E-state index contributed by atoms with van der Waals surface area (Å²) in [6.07, 6.45) is 0. The Kier molecular flexibility index (Phi) is 7.78. The van der Waals surface area contributed by atoms with Crippen LogP contribution in [0.3, 0.4) is 0 Å². The molecule has 148 valence electrons. The highest BCUT2D eigenvalue weighted by Crippen LogP contribution is 2.38. The van der Waals surface area contributed by atoms with Crippen LogP contribution in [0.4, 0.5) is 0 Å². The maximum absolute atomic E-state index is 12.0. The molecule has 0 fully saturated rings. The normalized spacial score (nSPS) is 11.0. The predicted molar refractivity (Wildman–Crippen MR) is 99.1 cm³/mol. The first-order valence-corrected chi connectivity index (χ1v) is 8.68. The van der Waals surface area contributed by atoms with Crippen LogP contribution >= 0.6 is 11.6 Å². The Morgan fingerprint density at radius 1 is 1.15 bits per heavy atom.